The van der Waals surface area contributed by atoms with Gasteiger partial charge in [-0.25, -0.2) is 9.59 Å². The van der Waals surface area contributed by atoms with Crippen LogP contribution in [0, 0.1) is 0 Å². The second-order valence-corrected chi connectivity index (χ2v) is 2.98. The Hall–Kier alpha value is -1.55. The number of halogens is 1. The van der Waals surface area contributed by atoms with Crippen LogP contribution in [0.1, 0.15) is 15.9 Å². The summed E-state index contributed by atoms with van der Waals surface area (Å²) < 4.78 is 9.15. The van der Waals surface area contributed by atoms with Gasteiger partial charge < -0.3 is 9.47 Å². The lowest BCUT2D eigenvalue weighted by Gasteiger charge is -2.06. The van der Waals surface area contributed by atoms with E-state index in [1.807, 2.05) is 0 Å². The Labute approximate surface area is 91.7 Å². The molecule has 0 saturated carbocycles. The predicted molar refractivity (Wildman–Crippen MR) is 53.8 cm³/mol. The van der Waals surface area contributed by atoms with E-state index >= 15 is 0 Å². The molecule has 1 rings (SSSR count). The van der Waals surface area contributed by atoms with Crippen molar-refractivity contribution in [3.63, 3.8) is 0 Å². The first-order valence-electron chi connectivity index (χ1n) is 4.13. The second-order valence-electron chi connectivity index (χ2n) is 2.68. The molecule has 0 amide bonds. The van der Waals surface area contributed by atoms with Crippen molar-refractivity contribution in [2.45, 2.75) is 6.61 Å². The quantitative estimate of drug-likeness (QED) is 0.589. The van der Waals surface area contributed by atoms with E-state index in [-0.39, 0.29) is 6.61 Å². The maximum atomic E-state index is 11.3. The highest BCUT2D eigenvalue weighted by Gasteiger charge is 2.11. The average Bonchev–Trinajstić information content (AvgIpc) is 2.25. The first-order valence-corrected chi connectivity index (χ1v) is 4.51. The van der Waals surface area contributed by atoms with Crippen molar-refractivity contribution in [3.05, 3.63) is 35.4 Å². The molecule has 0 aliphatic carbocycles. The number of methoxy groups -OCH3 is 1. The van der Waals surface area contributed by atoms with E-state index in [1.165, 1.54) is 7.11 Å². The number of hydrogen-bond donors (Lipinski definition) is 0. The molecule has 0 radical (unpaired) electrons. The van der Waals surface area contributed by atoms with Gasteiger partial charge in [-0.15, -0.1) is 0 Å². The summed E-state index contributed by atoms with van der Waals surface area (Å²) in [6, 6.07) is 6.66. The summed E-state index contributed by atoms with van der Waals surface area (Å²) in [5, 5.41) is 0. The number of ether oxygens (including phenoxy) is 2. The third-order valence-electron chi connectivity index (χ3n) is 1.76. The van der Waals surface area contributed by atoms with Crippen LogP contribution in [0.3, 0.4) is 0 Å². The van der Waals surface area contributed by atoms with Crippen LogP contribution in [0.15, 0.2) is 24.3 Å². The van der Waals surface area contributed by atoms with Crippen LogP contribution < -0.4 is 0 Å². The number of rotatable bonds is 3. The topological polar surface area (TPSA) is 52.6 Å². The molecule has 15 heavy (non-hydrogen) atoms. The normalized spacial score (nSPS) is 9.47. The minimum absolute atomic E-state index is 0.0480. The third-order valence-corrected chi connectivity index (χ3v) is 1.87. The maximum absolute atomic E-state index is 11.3. The molecule has 80 valence electrons. The molecule has 1 aromatic carbocycles. The molecule has 0 aromatic heterocycles. The van der Waals surface area contributed by atoms with E-state index in [2.05, 4.69) is 9.47 Å². The zero-order chi connectivity index (χ0) is 11.3. The van der Waals surface area contributed by atoms with E-state index in [0.29, 0.717) is 11.1 Å². The molecule has 5 heteroatoms. The molecule has 0 heterocycles. The molecule has 1 aromatic rings. The monoisotopic (exact) mass is 228 g/mol. The largest absolute Gasteiger partial charge is 0.465 e. The number of hydrogen-bond acceptors (Lipinski definition) is 4. The fourth-order valence-electron chi connectivity index (χ4n) is 1.09. The summed E-state index contributed by atoms with van der Waals surface area (Å²) in [5.74, 6) is -0.476. The molecule has 4 nitrogen and oxygen atoms in total. The molecule has 0 aliphatic heterocycles. The Morgan fingerprint density at radius 2 is 2.00 bits per heavy atom. The number of carbonyl (C=O) groups excluding carboxylic acids is 2. The summed E-state index contributed by atoms with van der Waals surface area (Å²) >= 11 is 5.02. The van der Waals surface area contributed by atoms with Gasteiger partial charge in [0, 0.05) is 17.2 Å². The highest BCUT2D eigenvalue weighted by atomic mass is 35.5. The van der Waals surface area contributed by atoms with Crippen LogP contribution in [0.5, 0.6) is 0 Å². The second kappa shape index (κ2) is 5.36. The van der Waals surface area contributed by atoms with Gasteiger partial charge in [0.15, 0.2) is 0 Å². The Bertz CT molecular complexity index is 375. The first kappa shape index (κ1) is 11.5. The van der Waals surface area contributed by atoms with Crippen molar-refractivity contribution in [1.82, 2.24) is 0 Å². The molecular weight excluding hydrogens is 220 g/mol. The van der Waals surface area contributed by atoms with Crippen molar-refractivity contribution in [2.24, 2.45) is 0 Å². The van der Waals surface area contributed by atoms with E-state index in [0.717, 1.165) is 0 Å². The van der Waals surface area contributed by atoms with Gasteiger partial charge >= 0.3 is 11.4 Å². The van der Waals surface area contributed by atoms with Gasteiger partial charge in [0.05, 0.1) is 12.7 Å². The fourth-order valence-corrected chi connectivity index (χ4v) is 1.14. The van der Waals surface area contributed by atoms with Crippen LogP contribution in [0.2, 0.25) is 0 Å². The smallest absolute Gasteiger partial charge is 0.404 e. The van der Waals surface area contributed by atoms with Crippen molar-refractivity contribution in [2.75, 3.05) is 7.11 Å². The van der Waals surface area contributed by atoms with Gasteiger partial charge in [-0.1, -0.05) is 18.2 Å². The van der Waals surface area contributed by atoms with Crippen LogP contribution in [-0.4, -0.2) is 18.5 Å². The highest BCUT2D eigenvalue weighted by molar-refractivity contribution is 6.61. The van der Waals surface area contributed by atoms with Crippen molar-refractivity contribution >= 4 is 23.0 Å². The standard InChI is InChI=1S/C10H9ClO4/c1-14-9(12)8-5-3-2-4-7(8)6-15-10(11)13/h2-5H,6H2,1H3. The fraction of sp³-hybridized carbons (Fsp3) is 0.200. The van der Waals surface area contributed by atoms with Crippen LogP contribution in [-0.2, 0) is 16.1 Å². The minimum atomic E-state index is -0.908. The van der Waals surface area contributed by atoms with Gasteiger partial charge in [0.2, 0.25) is 0 Å². The molecular formula is C10H9ClO4. The van der Waals surface area contributed by atoms with Crippen LogP contribution >= 0.6 is 11.6 Å². The molecule has 0 bridgehead atoms. The maximum Gasteiger partial charge on any atom is 0.404 e. The van der Waals surface area contributed by atoms with Crippen molar-refractivity contribution < 1.29 is 19.1 Å². The Morgan fingerprint density at radius 1 is 1.33 bits per heavy atom. The van der Waals surface area contributed by atoms with E-state index < -0.39 is 11.4 Å². The Kier molecular flexibility index (Phi) is 4.12. The molecule has 0 N–H and O–H groups in total. The Balaban J connectivity index is 2.86. The van der Waals surface area contributed by atoms with Crippen molar-refractivity contribution in [3.8, 4) is 0 Å². The summed E-state index contributed by atoms with van der Waals surface area (Å²) in [7, 11) is 1.28. The predicted octanol–water partition coefficient (Wildman–Crippen LogP) is 2.35. The molecule has 0 atom stereocenters. The lowest BCUT2D eigenvalue weighted by Crippen LogP contribution is -2.07. The first-order chi connectivity index (χ1) is 7.15. The summed E-state index contributed by atoms with van der Waals surface area (Å²) in [6.45, 7) is -0.0480. The molecule has 0 spiro atoms. The zero-order valence-corrected chi connectivity index (χ0v) is 8.78. The van der Waals surface area contributed by atoms with E-state index in [1.54, 1.807) is 24.3 Å². The summed E-state index contributed by atoms with van der Waals surface area (Å²) in [4.78, 5) is 21.7. The van der Waals surface area contributed by atoms with Crippen LogP contribution in [0.4, 0.5) is 4.79 Å². The van der Waals surface area contributed by atoms with Gasteiger partial charge in [-0.2, -0.15) is 0 Å². The lowest BCUT2D eigenvalue weighted by molar-refractivity contribution is 0.0596. The minimum Gasteiger partial charge on any atom is -0.465 e. The summed E-state index contributed by atoms with van der Waals surface area (Å²) in [6.07, 6.45) is 0. The summed E-state index contributed by atoms with van der Waals surface area (Å²) in [5.41, 5.74) is 0.00550. The van der Waals surface area contributed by atoms with E-state index in [9.17, 15) is 9.59 Å². The SMILES string of the molecule is COC(=O)c1ccccc1COC(=O)Cl. The lowest BCUT2D eigenvalue weighted by atomic mass is 10.1. The van der Waals surface area contributed by atoms with Gasteiger partial charge in [0.25, 0.3) is 0 Å². The number of benzene rings is 1. The molecule has 0 saturated heterocycles. The van der Waals surface area contributed by atoms with E-state index in [4.69, 9.17) is 11.6 Å². The number of esters is 1. The zero-order valence-electron chi connectivity index (χ0n) is 8.03. The Morgan fingerprint density at radius 3 is 2.60 bits per heavy atom. The van der Waals surface area contributed by atoms with Gasteiger partial charge in [0.1, 0.15) is 6.61 Å². The number of carbonyl (C=O) groups is 2. The van der Waals surface area contributed by atoms with Gasteiger partial charge in [-0.05, 0) is 6.07 Å². The molecule has 0 aliphatic rings. The molecule has 0 fully saturated rings. The van der Waals surface area contributed by atoms with Crippen LogP contribution in [0.25, 0.3) is 0 Å². The van der Waals surface area contributed by atoms with Crippen molar-refractivity contribution in [1.29, 1.82) is 0 Å². The molecule has 0 unspecified atom stereocenters. The highest BCUT2D eigenvalue weighted by Crippen LogP contribution is 2.11. The average molecular weight is 229 g/mol. The third kappa shape index (κ3) is 3.25. The van der Waals surface area contributed by atoms with Gasteiger partial charge in [-0.3, -0.25) is 0 Å².